The average molecular weight is 488 g/mol. The Morgan fingerprint density at radius 2 is 1.86 bits per heavy atom. The predicted molar refractivity (Wildman–Crippen MR) is 122 cm³/mol. The van der Waals surface area contributed by atoms with E-state index in [0.717, 1.165) is 0 Å². The van der Waals surface area contributed by atoms with E-state index in [1.807, 2.05) is 0 Å². The molecule has 0 spiro atoms. The van der Waals surface area contributed by atoms with Gasteiger partial charge < -0.3 is 19.4 Å². The molecule has 2 heterocycles. The van der Waals surface area contributed by atoms with Crippen LogP contribution in [0.2, 0.25) is 0 Å². The molecule has 2 N–H and O–H groups in total. The Balaban J connectivity index is 1.69. The Morgan fingerprint density at radius 3 is 2.54 bits per heavy atom. The number of aryl methyl sites for hydroxylation is 1. The zero-order valence-corrected chi connectivity index (χ0v) is 19.2. The number of aliphatic hydroxyl groups is 1. The fourth-order valence-electron chi connectivity index (χ4n) is 4.29. The number of halogens is 3. The molecule has 0 saturated carbocycles. The van der Waals surface area contributed by atoms with Crippen molar-refractivity contribution in [1.29, 1.82) is 0 Å². The van der Waals surface area contributed by atoms with Crippen molar-refractivity contribution in [3.8, 4) is 11.3 Å². The fourth-order valence-corrected chi connectivity index (χ4v) is 4.29. The molecule has 1 amide bonds. The molecule has 7 nitrogen and oxygen atoms in total. The minimum atomic E-state index is -5.28. The first-order valence-electron chi connectivity index (χ1n) is 10.9. The van der Waals surface area contributed by atoms with Crippen LogP contribution in [0.25, 0.3) is 22.1 Å². The highest BCUT2D eigenvalue weighted by atomic mass is 19.4. The van der Waals surface area contributed by atoms with E-state index in [0.29, 0.717) is 34.4 Å². The molecule has 1 atom stereocenters. The van der Waals surface area contributed by atoms with E-state index in [1.165, 1.54) is 38.3 Å². The first kappa shape index (κ1) is 24.5. The number of aromatic nitrogens is 1. The summed E-state index contributed by atoms with van der Waals surface area (Å²) < 4.78 is 52.7. The Bertz CT molecular complexity index is 1420. The summed E-state index contributed by atoms with van der Waals surface area (Å²) in [7, 11) is 0. The number of anilines is 1. The summed E-state index contributed by atoms with van der Waals surface area (Å²) in [5.74, 6) is -1.26. The van der Waals surface area contributed by atoms with E-state index in [4.69, 9.17) is 8.94 Å². The van der Waals surface area contributed by atoms with Gasteiger partial charge >= 0.3 is 11.8 Å². The van der Waals surface area contributed by atoms with Gasteiger partial charge in [-0.05, 0) is 42.2 Å². The van der Waals surface area contributed by atoms with Gasteiger partial charge in [-0.15, -0.1) is 0 Å². The maximum absolute atomic E-state index is 14.2. The molecule has 2 aliphatic rings. The average Bonchev–Trinajstić information content (AvgIpc) is 3.23. The number of rotatable bonds is 6. The number of hydrogen-bond acceptors (Lipinski definition) is 6. The van der Waals surface area contributed by atoms with E-state index < -0.39 is 35.1 Å². The fraction of sp³-hybridized carbons (Fsp3) is 0.320. The van der Waals surface area contributed by atoms with Gasteiger partial charge in [-0.2, -0.15) is 13.2 Å². The van der Waals surface area contributed by atoms with Gasteiger partial charge in [0.15, 0.2) is 0 Å². The summed E-state index contributed by atoms with van der Waals surface area (Å²) in [6.07, 6.45) is -4.44. The van der Waals surface area contributed by atoms with Gasteiger partial charge in [0.1, 0.15) is 5.76 Å². The summed E-state index contributed by atoms with van der Waals surface area (Å²) in [5.41, 5.74) is -4.23. The van der Waals surface area contributed by atoms with Gasteiger partial charge in [0, 0.05) is 28.6 Å². The standard InChI is InChI=1S/C25H23F3N2O5/c1-4-19-17-12-15(8-9-16(17)21(31)35-30-19)29-22(32)24(33,25(26,27)28)13-23(2,3)18-10-7-14-6-5-11-34-20(14)18/h5-12,33H,4,13H2,1-3H3,(H,29,32). The van der Waals surface area contributed by atoms with Crippen LogP contribution in [0.15, 0.2) is 62.5 Å². The quantitative estimate of drug-likeness (QED) is 0.394. The van der Waals surface area contributed by atoms with Crippen LogP contribution in [0, 0.1) is 0 Å². The molecule has 1 unspecified atom stereocenters. The zero-order valence-electron chi connectivity index (χ0n) is 19.2. The molecular formula is C25H23F3N2O5. The summed E-state index contributed by atoms with van der Waals surface area (Å²) in [6, 6.07) is 10.7. The molecule has 0 bridgehead atoms. The van der Waals surface area contributed by atoms with Crippen molar-refractivity contribution >= 4 is 22.4 Å². The zero-order chi connectivity index (χ0) is 25.6. The van der Waals surface area contributed by atoms with Crippen molar-refractivity contribution in [2.24, 2.45) is 0 Å². The second kappa shape index (κ2) is 8.53. The number of fused-ring (bicyclic) bond motifs is 2. The van der Waals surface area contributed by atoms with E-state index in [-0.39, 0.29) is 11.1 Å². The highest BCUT2D eigenvalue weighted by molar-refractivity contribution is 6.00. The Hall–Kier alpha value is -3.66. The topological polar surface area (TPSA) is 106 Å². The van der Waals surface area contributed by atoms with E-state index in [2.05, 4.69) is 10.5 Å². The number of amides is 1. The van der Waals surface area contributed by atoms with Gasteiger partial charge in [-0.3, -0.25) is 4.79 Å². The minimum absolute atomic E-state index is 0.0288. The molecule has 184 valence electrons. The van der Waals surface area contributed by atoms with Gasteiger partial charge in [0.05, 0.1) is 17.3 Å². The molecule has 1 aliphatic heterocycles. The molecule has 1 aromatic carbocycles. The third-order valence-corrected chi connectivity index (χ3v) is 6.13. The van der Waals surface area contributed by atoms with Gasteiger partial charge in [0.25, 0.3) is 5.91 Å². The highest BCUT2D eigenvalue weighted by Gasteiger charge is 2.61. The third-order valence-electron chi connectivity index (χ3n) is 6.13. The maximum Gasteiger partial charge on any atom is 0.426 e. The number of carbonyl (C=O) groups is 1. The molecule has 0 radical (unpaired) electrons. The molecular weight excluding hydrogens is 465 g/mol. The van der Waals surface area contributed by atoms with Crippen LogP contribution in [-0.4, -0.2) is 27.9 Å². The molecule has 4 rings (SSSR count). The Kier molecular flexibility index (Phi) is 5.96. The van der Waals surface area contributed by atoms with Crippen LogP contribution in [0.1, 0.15) is 38.4 Å². The summed E-state index contributed by atoms with van der Waals surface area (Å²) in [5, 5.41) is 17.2. The number of benzene rings is 1. The second-order valence-electron chi connectivity index (χ2n) is 9.05. The lowest BCUT2D eigenvalue weighted by Crippen LogP contribution is -2.57. The Labute approximate surface area is 197 Å². The van der Waals surface area contributed by atoms with Crippen molar-refractivity contribution in [2.75, 3.05) is 5.32 Å². The van der Waals surface area contributed by atoms with Crippen molar-refractivity contribution < 1.29 is 32.0 Å². The van der Waals surface area contributed by atoms with Crippen molar-refractivity contribution in [3.63, 3.8) is 0 Å². The molecule has 35 heavy (non-hydrogen) atoms. The smallest absolute Gasteiger partial charge is 0.426 e. The van der Waals surface area contributed by atoms with Crippen LogP contribution in [0.3, 0.4) is 0 Å². The number of carbonyl (C=O) groups excluding carboxylic acids is 1. The summed E-state index contributed by atoms with van der Waals surface area (Å²) in [6.45, 7) is 4.77. The molecule has 1 aliphatic carbocycles. The first-order valence-corrected chi connectivity index (χ1v) is 10.9. The number of hydrogen-bond donors (Lipinski definition) is 2. The maximum atomic E-state index is 14.2. The largest absolute Gasteiger partial charge is 0.464 e. The van der Waals surface area contributed by atoms with Crippen LogP contribution < -0.4 is 10.9 Å². The van der Waals surface area contributed by atoms with E-state index in [1.54, 1.807) is 31.2 Å². The van der Waals surface area contributed by atoms with Crippen LogP contribution >= 0.6 is 0 Å². The lowest BCUT2D eigenvalue weighted by molar-refractivity contribution is -0.254. The number of nitrogens with zero attached hydrogens (tertiary/aromatic N) is 1. The van der Waals surface area contributed by atoms with Gasteiger partial charge in [0.2, 0.25) is 5.60 Å². The monoisotopic (exact) mass is 488 g/mol. The van der Waals surface area contributed by atoms with E-state index >= 15 is 0 Å². The SMILES string of the molecule is CCc1noc(=O)c2ccc(NC(=O)C(O)(CC(C)(C)c3ccc4cccoc3-4)C(F)(F)F)cc12. The number of alkyl halides is 3. The summed E-state index contributed by atoms with van der Waals surface area (Å²) in [4.78, 5) is 24.9. The highest BCUT2D eigenvalue weighted by Crippen LogP contribution is 2.45. The van der Waals surface area contributed by atoms with Gasteiger partial charge in [-0.25, -0.2) is 4.79 Å². The molecule has 0 saturated heterocycles. The number of nitrogens with one attached hydrogen (secondary N) is 1. The minimum Gasteiger partial charge on any atom is -0.464 e. The van der Waals surface area contributed by atoms with Crippen LogP contribution in [-0.2, 0) is 16.6 Å². The third kappa shape index (κ3) is 4.29. The molecule has 10 heteroatoms. The van der Waals surface area contributed by atoms with Gasteiger partial charge in [-0.1, -0.05) is 38.1 Å². The van der Waals surface area contributed by atoms with Crippen molar-refractivity contribution in [2.45, 2.75) is 50.8 Å². The van der Waals surface area contributed by atoms with E-state index in [9.17, 15) is 27.9 Å². The first-order chi connectivity index (χ1) is 16.4. The molecule has 2 aromatic rings. The Morgan fingerprint density at radius 1 is 1.11 bits per heavy atom. The van der Waals surface area contributed by atoms with Crippen LogP contribution in [0.4, 0.5) is 18.9 Å². The second-order valence-corrected chi connectivity index (χ2v) is 9.05. The lowest BCUT2D eigenvalue weighted by atomic mass is 9.74. The van der Waals surface area contributed by atoms with Crippen molar-refractivity contribution in [1.82, 2.24) is 5.16 Å². The molecule has 1 aromatic heterocycles. The van der Waals surface area contributed by atoms with Crippen molar-refractivity contribution in [3.05, 3.63) is 70.4 Å². The summed E-state index contributed by atoms with van der Waals surface area (Å²) >= 11 is 0. The lowest BCUT2D eigenvalue weighted by Gasteiger charge is -2.36. The van der Waals surface area contributed by atoms with Crippen LogP contribution in [0.5, 0.6) is 0 Å². The molecule has 0 fully saturated rings. The predicted octanol–water partition coefficient (Wildman–Crippen LogP) is 5.05. The normalized spacial score (nSPS) is 14.3.